The van der Waals surface area contributed by atoms with Gasteiger partial charge in [-0.2, -0.15) is 0 Å². The number of nitrogens with one attached hydrogen (secondary N) is 1. The number of hydrogen-bond acceptors (Lipinski definition) is 5. The molecular weight excluding hydrogens is 356 g/mol. The second-order valence-electron chi connectivity index (χ2n) is 5.82. The first kappa shape index (κ1) is 17.8. The molecule has 6 nitrogen and oxygen atoms in total. The lowest BCUT2D eigenvalue weighted by Gasteiger charge is -2.13. The molecule has 26 heavy (non-hydrogen) atoms. The fourth-order valence-electron chi connectivity index (χ4n) is 2.45. The monoisotopic (exact) mass is 372 g/mol. The summed E-state index contributed by atoms with van der Waals surface area (Å²) in [5.74, 6) is 0.0218. The Morgan fingerprint density at radius 2 is 2.08 bits per heavy atom. The van der Waals surface area contributed by atoms with E-state index < -0.39 is 17.6 Å². The molecule has 1 heterocycles. The highest BCUT2D eigenvalue weighted by Crippen LogP contribution is 2.26. The van der Waals surface area contributed by atoms with Crippen LogP contribution in [0.15, 0.2) is 57.7 Å². The molecule has 0 saturated heterocycles. The minimum atomic E-state index is -0.626. The number of ether oxygens (including phenoxy) is 1. The molecule has 3 rings (SSSR count). The van der Waals surface area contributed by atoms with Gasteiger partial charge in [-0.05, 0) is 36.8 Å². The van der Waals surface area contributed by atoms with Crippen LogP contribution in [0, 0.1) is 0 Å². The normalized spacial score (nSPS) is 11.9. The van der Waals surface area contributed by atoms with E-state index in [1.54, 1.807) is 31.2 Å². The predicted molar refractivity (Wildman–Crippen MR) is 101 cm³/mol. The van der Waals surface area contributed by atoms with E-state index in [0.717, 1.165) is 5.56 Å². The molecule has 0 saturated carbocycles. The van der Waals surface area contributed by atoms with E-state index in [0.29, 0.717) is 34.0 Å². The third kappa shape index (κ3) is 4.15. The minimum absolute atomic E-state index is 0.326. The molecule has 134 valence electrons. The first-order valence-corrected chi connectivity index (χ1v) is 8.31. The Labute approximate surface area is 154 Å². The number of amides is 1. The SMILES string of the molecule is C[C@H](Nc1cc(=O)oc2cc(OCc3cccc(Cl)c3)ccc12)C(N)=O. The number of halogens is 1. The van der Waals surface area contributed by atoms with Gasteiger partial charge < -0.3 is 20.2 Å². The van der Waals surface area contributed by atoms with Crippen LogP contribution < -0.4 is 21.4 Å². The van der Waals surface area contributed by atoms with Crippen molar-refractivity contribution in [3.63, 3.8) is 0 Å². The van der Waals surface area contributed by atoms with Crippen LogP contribution in [0.5, 0.6) is 5.75 Å². The standard InChI is InChI=1S/C19H17ClN2O4/c1-11(19(21)24)22-16-9-18(23)26-17-8-14(5-6-15(16)17)25-10-12-3-2-4-13(20)7-12/h2-9,11,22H,10H2,1H3,(H2,21,24)/t11-/m0/s1. The van der Waals surface area contributed by atoms with Crippen LogP contribution in [-0.2, 0) is 11.4 Å². The third-order valence-corrected chi connectivity index (χ3v) is 4.04. The van der Waals surface area contributed by atoms with Crippen molar-refractivity contribution in [2.45, 2.75) is 19.6 Å². The van der Waals surface area contributed by atoms with Crippen molar-refractivity contribution < 1.29 is 13.9 Å². The van der Waals surface area contributed by atoms with Crippen molar-refractivity contribution in [2.75, 3.05) is 5.32 Å². The number of anilines is 1. The largest absolute Gasteiger partial charge is 0.489 e. The van der Waals surface area contributed by atoms with Gasteiger partial charge in [0.2, 0.25) is 5.91 Å². The van der Waals surface area contributed by atoms with Crippen LogP contribution in [-0.4, -0.2) is 11.9 Å². The molecule has 1 atom stereocenters. The lowest BCUT2D eigenvalue weighted by molar-refractivity contribution is -0.118. The third-order valence-electron chi connectivity index (χ3n) is 3.81. The molecule has 3 aromatic rings. The smallest absolute Gasteiger partial charge is 0.338 e. The van der Waals surface area contributed by atoms with E-state index in [9.17, 15) is 9.59 Å². The zero-order valence-corrected chi connectivity index (χ0v) is 14.7. The Morgan fingerprint density at radius 1 is 1.27 bits per heavy atom. The molecule has 2 aromatic carbocycles. The summed E-state index contributed by atoms with van der Waals surface area (Å²) in [4.78, 5) is 23.1. The highest BCUT2D eigenvalue weighted by atomic mass is 35.5. The number of rotatable bonds is 6. The maximum Gasteiger partial charge on any atom is 0.338 e. The summed E-state index contributed by atoms with van der Waals surface area (Å²) >= 11 is 5.96. The quantitative estimate of drug-likeness (QED) is 0.647. The average Bonchev–Trinajstić information content (AvgIpc) is 2.59. The average molecular weight is 373 g/mol. The second kappa shape index (κ2) is 7.49. The lowest BCUT2D eigenvalue weighted by atomic mass is 10.1. The fourth-order valence-corrected chi connectivity index (χ4v) is 2.66. The number of nitrogens with two attached hydrogens (primary N) is 1. The summed E-state index contributed by atoms with van der Waals surface area (Å²) in [6.45, 7) is 1.94. The van der Waals surface area contributed by atoms with Crippen LogP contribution in [0.1, 0.15) is 12.5 Å². The van der Waals surface area contributed by atoms with E-state index in [1.165, 1.54) is 6.07 Å². The minimum Gasteiger partial charge on any atom is -0.489 e. The van der Waals surface area contributed by atoms with E-state index in [2.05, 4.69) is 5.32 Å². The molecule has 0 spiro atoms. The van der Waals surface area contributed by atoms with Crippen LogP contribution in [0.25, 0.3) is 11.0 Å². The highest BCUT2D eigenvalue weighted by Gasteiger charge is 2.13. The van der Waals surface area contributed by atoms with E-state index >= 15 is 0 Å². The Kier molecular flexibility index (Phi) is 5.14. The molecule has 7 heteroatoms. The van der Waals surface area contributed by atoms with Crippen molar-refractivity contribution in [3.05, 3.63) is 69.5 Å². The molecule has 1 amide bonds. The summed E-state index contributed by atoms with van der Waals surface area (Å²) in [5.41, 5.74) is 6.47. The molecule has 1 aromatic heterocycles. The first-order chi connectivity index (χ1) is 12.4. The van der Waals surface area contributed by atoms with Crippen molar-refractivity contribution >= 4 is 34.2 Å². The number of fused-ring (bicyclic) bond motifs is 1. The second-order valence-corrected chi connectivity index (χ2v) is 6.26. The molecule has 0 aliphatic rings. The summed E-state index contributed by atoms with van der Waals surface area (Å²) in [5, 5.41) is 4.20. The van der Waals surface area contributed by atoms with Gasteiger partial charge >= 0.3 is 5.63 Å². The van der Waals surface area contributed by atoms with Crippen molar-refractivity contribution in [1.82, 2.24) is 0 Å². The number of benzene rings is 2. The zero-order chi connectivity index (χ0) is 18.7. The molecule has 3 N–H and O–H groups in total. The van der Waals surface area contributed by atoms with Crippen molar-refractivity contribution in [2.24, 2.45) is 5.73 Å². The van der Waals surface area contributed by atoms with Gasteiger partial charge in [0.1, 0.15) is 24.0 Å². The van der Waals surface area contributed by atoms with Gasteiger partial charge in [0, 0.05) is 22.5 Å². The zero-order valence-electron chi connectivity index (χ0n) is 14.0. The van der Waals surface area contributed by atoms with Crippen LogP contribution in [0.2, 0.25) is 5.02 Å². The maximum absolute atomic E-state index is 11.8. The predicted octanol–water partition coefficient (Wildman–Crippen LogP) is 3.31. The van der Waals surface area contributed by atoms with E-state index in [-0.39, 0.29) is 0 Å². The van der Waals surface area contributed by atoms with Crippen LogP contribution in [0.4, 0.5) is 5.69 Å². The summed E-state index contributed by atoms with van der Waals surface area (Å²) < 4.78 is 11.0. The fraction of sp³-hybridized carbons (Fsp3) is 0.158. The van der Waals surface area contributed by atoms with Gasteiger partial charge in [-0.25, -0.2) is 4.79 Å². The van der Waals surface area contributed by atoms with Crippen molar-refractivity contribution in [1.29, 1.82) is 0 Å². The molecule has 0 unspecified atom stereocenters. The number of hydrogen-bond donors (Lipinski definition) is 2. The first-order valence-electron chi connectivity index (χ1n) is 7.93. The molecular formula is C19H17ClN2O4. The molecule has 0 fully saturated rings. The summed E-state index contributed by atoms with van der Waals surface area (Å²) in [6, 6.07) is 13.1. The van der Waals surface area contributed by atoms with Crippen molar-refractivity contribution in [3.8, 4) is 5.75 Å². The van der Waals surface area contributed by atoms with E-state index in [1.807, 2.05) is 18.2 Å². The van der Waals surface area contributed by atoms with Gasteiger partial charge in [0.15, 0.2) is 0 Å². The van der Waals surface area contributed by atoms with Gasteiger partial charge in [0.05, 0.1) is 5.69 Å². The number of carbonyl (C=O) groups excluding carboxylic acids is 1. The number of primary amides is 1. The van der Waals surface area contributed by atoms with Gasteiger partial charge in [-0.3, -0.25) is 4.79 Å². The maximum atomic E-state index is 11.8. The molecule has 0 bridgehead atoms. The lowest BCUT2D eigenvalue weighted by Crippen LogP contribution is -2.32. The molecule has 0 radical (unpaired) electrons. The van der Waals surface area contributed by atoms with E-state index in [4.69, 9.17) is 26.5 Å². The Balaban J connectivity index is 1.86. The van der Waals surface area contributed by atoms with Gasteiger partial charge in [-0.1, -0.05) is 23.7 Å². The Hall–Kier alpha value is -2.99. The molecule has 0 aliphatic heterocycles. The summed E-state index contributed by atoms with van der Waals surface area (Å²) in [7, 11) is 0. The topological polar surface area (TPSA) is 94.6 Å². The van der Waals surface area contributed by atoms with Crippen LogP contribution in [0.3, 0.4) is 0 Å². The van der Waals surface area contributed by atoms with Crippen LogP contribution >= 0.6 is 11.6 Å². The van der Waals surface area contributed by atoms with Gasteiger partial charge in [-0.15, -0.1) is 0 Å². The van der Waals surface area contributed by atoms with Gasteiger partial charge in [0.25, 0.3) is 0 Å². The Morgan fingerprint density at radius 3 is 2.81 bits per heavy atom. The summed E-state index contributed by atoms with van der Waals surface area (Å²) in [6.07, 6.45) is 0. The molecule has 0 aliphatic carbocycles. The highest BCUT2D eigenvalue weighted by molar-refractivity contribution is 6.30. The Bertz CT molecular complexity index is 1020. The number of carbonyl (C=O) groups is 1.